The second-order valence-corrected chi connectivity index (χ2v) is 6.04. The van der Waals surface area contributed by atoms with E-state index in [9.17, 15) is 9.59 Å². The minimum Gasteiger partial charge on any atom is -0.338 e. The molecule has 2 amide bonds. The molecule has 0 fully saturated rings. The molecule has 0 aliphatic rings. The first-order chi connectivity index (χ1) is 12.0. The van der Waals surface area contributed by atoms with E-state index < -0.39 is 0 Å². The second-order valence-electron chi connectivity index (χ2n) is 5.22. The van der Waals surface area contributed by atoms with Gasteiger partial charge in [-0.15, -0.1) is 0 Å². The predicted octanol–water partition coefficient (Wildman–Crippen LogP) is 4.17. The van der Waals surface area contributed by atoms with E-state index in [4.69, 9.17) is 23.2 Å². The normalized spacial score (nSPS) is 10.7. The average Bonchev–Trinajstić information content (AvgIpc) is 2.98. The van der Waals surface area contributed by atoms with Gasteiger partial charge in [0, 0.05) is 36.2 Å². The van der Waals surface area contributed by atoms with E-state index in [0.717, 1.165) is 5.39 Å². The lowest BCUT2D eigenvalue weighted by molar-refractivity contribution is 0.0965. The number of carbonyl (C=O) groups excluding carboxylic acids is 2. The molecular formula is C17H14Cl2N4O2. The number of hydrogen-bond donors (Lipinski definition) is 2. The van der Waals surface area contributed by atoms with E-state index in [1.165, 1.54) is 16.7 Å². The van der Waals surface area contributed by atoms with Gasteiger partial charge in [0.15, 0.2) is 0 Å². The van der Waals surface area contributed by atoms with Crippen LogP contribution in [0.25, 0.3) is 10.9 Å². The summed E-state index contributed by atoms with van der Waals surface area (Å²) in [5.41, 5.74) is 1.27. The summed E-state index contributed by atoms with van der Waals surface area (Å²) in [6.45, 7) is 2.29. The number of halogens is 2. The van der Waals surface area contributed by atoms with Crippen LogP contribution in [0.15, 0.2) is 42.9 Å². The number of amides is 2. The van der Waals surface area contributed by atoms with Crippen molar-refractivity contribution in [3.8, 4) is 0 Å². The van der Waals surface area contributed by atoms with Crippen molar-refractivity contribution in [3.63, 3.8) is 0 Å². The number of carbonyl (C=O) groups is 2. The maximum Gasteiger partial charge on any atom is 0.319 e. The van der Waals surface area contributed by atoms with E-state index in [-0.39, 0.29) is 27.5 Å². The van der Waals surface area contributed by atoms with Crippen LogP contribution in [0.3, 0.4) is 0 Å². The molecule has 3 aromatic rings. The van der Waals surface area contributed by atoms with Gasteiger partial charge in [-0.1, -0.05) is 23.2 Å². The maximum absolute atomic E-state index is 12.9. The van der Waals surface area contributed by atoms with Gasteiger partial charge in [0.25, 0.3) is 5.91 Å². The van der Waals surface area contributed by atoms with Crippen molar-refractivity contribution in [2.75, 3.05) is 11.9 Å². The third kappa shape index (κ3) is 3.45. The Morgan fingerprint density at radius 1 is 1.20 bits per heavy atom. The molecule has 0 aliphatic carbocycles. The van der Waals surface area contributed by atoms with Gasteiger partial charge in [0.2, 0.25) is 0 Å². The summed E-state index contributed by atoms with van der Waals surface area (Å²) in [6.07, 6.45) is 4.92. The summed E-state index contributed by atoms with van der Waals surface area (Å²) in [4.78, 5) is 28.5. The Morgan fingerprint density at radius 3 is 2.60 bits per heavy atom. The number of nitrogens with one attached hydrogen (secondary N) is 2. The minimum absolute atomic E-state index is 0.153. The molecule has 0 saturated heterocycles. The van der Waals surface area contributed by atoms with Gasteiger partial charge in [-0.2, -0.15) is 0 Å². The third-order valence-electron chi connectivity index (χ3n) is 3.56. The second kappa shape index (κ2) is 7.13. The first-order valence-electron chi connectivity index (χ1n) is 7.51. The van der Waals surface area contributed by atoms with Crippen molar-refractivity contribution in [1.82, 2.24) is 14.9 Å². The number of fused-ring (bicyclic) bond motifs is 1. The average molecular weight is 377 g/mol. The van der Waals surface area contributed by atoms with Gasteiger partial charge in [-0.3, -0.25) is 14.3 Å². The minimum atomic E-state index is -0.377. The highest BCUT2D eigenvalue weighted by molar-refractivity contribution is 6.40. The number of urea groups is 1. The summed E-state index contributed by atoms with van der Waals surface area (Å²) < 4.78 is 1.46. The SMILES string of the molecule is CCNC(=O)Nc1cc(Cl)c(C(=O)n2ccc3cnccc32)c(Cl)c1. The molecule has 2 N–H and O–H groups in total. The van der Waals surface area contributed by atoms with Crippen LogP contribution in [0.4, 0.5) is 10.5 Å². The molecule has 0 saturated carbocycles. The molecule has 2 heterocycles. The van der Waals surface area contributed by atoms with Gasteiger partial charge in [0.05, 0.1) is 21.1 Å². The zero-order chi connectivity index (χ0) is 18.0. The van der Waals surface area contributed by atoms with Crippen LogP contribution >= 0.6 is 23.2 Å². The lowest BCUT2D eigenvalue weighted by Gasteiger charge is -2.12. The smallest absolute Gasteiger partial charge is 0.319 e. The topological polar surface area (TPSA) is 76.0 Å². The maximum atomic E-state index is 12.9. The van der Waals surface area contributed by atoms with Crippen LogP contribution in [0.2, 0.25) is 10.0 Å². The molecule has 3 rings (SSSR count). The first kappa shape index (κ1) is 17.3. The number of aromatic nitrogens is 2. The molecular weight excluding hydrogens is 363 g/mol. The molecule has 128 valence electrons. The Hall–Kier alpha value is -2.57. The summed E-state index contributed by atoms with van der Waals surface area (Å²) >= 11 is 12.5. The zero-order valence-electron chi connectivity index (χ0n) is 13.2. The first-order valence-corrected chi connectivity index (χ1v) is 8.26. The van der Waals surface area contributed by atoms with Gasteiger partial charge < -0.3 is 10.6 Å². The standard InChI is InChI=1S/C17H14Cl2N4O2/c1-2-21-17(25)22-11-7-12(18)15(13(19)8-11)16(24)23-6-4-10-9-20-5-3-14(10)23/h3-9H,2H2,1H3,(H2,21,22,25). The Morgan fingerprint density at radius 2 is 1.92 bits per heavy atom. The molecule has 0 atom stereocenters. The number of anilines is 1. The Balaban J connectivity index is 1.97. The molecule has 6 nitrogen and oxygen atoms in total. The van der Waals surface area contributed by atoms with Crippen LogP contribution < -0.4 is 10.6 Å². The number of pyridine rings is 1. The van der Waals surface area contributed by atoms with E-state index >= 15 is 0 Å². The van der Waals surface area contributed by atoms with E-state index in [1.54, 1.807) is 37.6 Å². The Labute approximate surface area is 153 Å². The van der Waals surface area contributed by atoms with Gasteiger partial charge >= 0.3 is 6.03 Å². The molecule has 0 aliphatic heterocycles. The Bertz CT molecular complexity index is 945. The molecule has 8 heteroatoms. The summed E-state index contributed by atoms with van der Waals surface area (Å²) in [7, 11) is 0. The van der Waals surface area contributed by atoms with Crippen molar-refractivity contribution >= 4 is 51.7 Å². The van der Waals surface area contributed by atoms with Crippen LogP contribution in [-0.4, -0.2) is 28.0 Å². The van der Waals surface area contributed by atoms with E-state index in [2.05, 4.69) is 15.6 Å². The van der Waals surface area contributed by atoms with Crippen molar-refractivity contribution in [2.45, 2.75) is 6.92 Å². The monoisotopic (exact) mass is 376 g/mol. The predicted molar refractivity (Wildman–Crippen MR) is 98.6 cm³/mol. The number of hydrogen-bond acceptors (Lipinski definition) is 3. The summed E-state index contributed by atoms with van der Waals surface area (Å²) in [5.74, 6) is -0.360. The lowest BCUT2D eigenvalue weighted by Crippen LogP contribution is -2.28. The molecule has 0 bridgehead atoms. The molecule has 2 aromatic heterocycles. The fourth-order valence-electron chi connectivity index (χ4n) is 2.47. The lowest BCUT2D eigenvalue weighted by atomic mass is 10.2. The Kier molecular flexibility index (Phi) is 4.92. The van der Waals surface area contributed by atoms with Crippen molar-refractivity contribution < 1.29 is 9.59 Å². The van der Waals surface area contributed by atoms with Crippen LogP contribution in [0.1, 0.15) is 17.3 Å². The van der Waals surface area contributed by atoms with Crippen molar-refractivity contribution in [3.05, 3.63) is 58.5 Å². The third-order valence-corrected chi connectivity index (χ3v) is 4.16. The van der Waals surface area contributed by atoms with E-state index in [0.29, 0.717) is 17.7 Å². The largest absolute Gasteiger partial charge is 0.338 e. The number of rotatable bonds is 3. The molecule has 1 aromatic carbocycles. The van der Waals surface area contributed by atoms with Crippen molar-refractivity contribution in [2.24, 2.45) is 0 Å². The fourth-order valence-corrected chi connectivity index (χ4v) is 3.11. The molecule has 25 heavy (non-hydrogen) atoms. The summed E-state index contributed by atoms with van der Waals surface area (Å²) in [5, 5.41) is 6.35. The highest BCUT2D eigenvalue weighted by Crippen LogP contribution is 2.31. The highest BCUT2D eigenvalue weighted by atomic mass is 35.5. The number of nitrogens with zero attached hydrogens (tertiary/aromatic N) is 2. The highest BCUT2D eigenvalue weighted by Gasteiger charge is 2.19. The molecule has 0 unspecified atom stereocenters. The number of benzene rings is 1. The zero-order valence-corrected chi connectivity index (χ0v) is 14.7. The molecule has 0 spiro atoms. The van der Waals surface area contributed by atoms with Crippen LogP contribution in [0.5, 0.6) is 0 Å². The van der Waals surface area contributed by atoms with Gasteiger partial charge in [-0.05, 0) is 31.2 Å². The van der Waals surface area contributed by atoms with Crippen LogP contribution in [0, 0.1) is 0 Å². The molecule has 0 radical (unpaired) electrons. The summed E-state index contributed by atoms with van der Waals surface area (Å²) in [6, 6.07) is 6.12. The van der Waals surface area contributed by atoms with Gasteiger partial charge in [-0.25, -0.2) is 4.79 Å². The van der Waals surface area contributed by atoms with Crippen molar-refractivity contribution in [1.29, 1.82) is 0 Å². The van der Waals surface area contributed by atoms with Crippen LogP contribution in [-0.2, 0) is 0 Å². The quantitative estimate of drug-likeness (QED) is 0.719. The van der Waals surface area contributed by atoms with E-state index in [1.807, 2.05) is 0 Å². The fraction of sp³-hybridized carbons (Fsp3) is 0.118. The van der Waals surface area contributed by atoms with Gasteiger partial charge in [0.1, 0.15) is 0 Å².